The molecule has 0 aliphatic rings. The summed E-state index contributed by atoms with van der Waals surface area (Å²) in [5.41, 5.74) is 8.94. The van der Waals surface area contributed by atoms with Gasteiger partial charge in [-0.2, -0.15) is 0 Å². The minimum Gasteiger partial charge on any atom is -0.706 e. The number of hydrogen-bond acceptors (Lipinski definition) is 3. The highest BCUT2D eigenvalue weighted by Crippen LogP contribution is 2.18. The van der Waals surface area contributed by atoms with Crippen LogP contribution in [-0.4, -0.2) is 13.1 Å². The van der Waals surface area contributed by atoms with Gasteiger partial charge in [-0.25, -0.2) is 4.79 Å². The van der Waals surface area contributed by atoms with Gasteiger partial charge in [-0.3, -0.25) is 0 Å². The van der Waals surface area contributed by atoms with E-state index >= 15 is 0 Å². The predicted molar refractivity (Wildman–Crippen MR) is 43.2 cm³/mol. The number of carbonyl (C=O) groups is 1. The topological polar surface area (TPSA) is 61.0 Å². The second kappa shape index (κ2) is 3.61. The summed E-state index contributed by atoms with van der Waals surface area (Å²) in [6, 6.07) is 6.38. The highest BCUT2D eigenvalue weighted by atomic mass is 16.5. The number of methoxy groups -OCH3 is 1. The average molecular weight is 163 g/mol. The van der Waals surface area contributed by atoms with E-state index in [0.29, 0.717) is 0 Å². The Morgan fingerprint density at radius 2 is 2.17 bits per heavy atom. The quantitative estimate of drug-likeness (QED) is 0.495. The molecule has 1 aromatic rings. The molecule has 0 atom stereocenters. The minimum atomic E-state index is -0.511. The predicted octanol–water partition coefficient (Wildman–Crippen LogP) is 2.13. The van der Waals surface area contributed by atoms with Crippen LogP contribution >= 0.6 is 0 Å². The van der Waals surface area contributed by atoms with E-state index in [2.05, 4.69) is 9.85 Å². The first-order valence-electron chi connectivity index (χ1n) is 3.32. The molecule has 0 aliphatic heterocycles. The molecule has 4 nitrogen and oxygen atoms in total. The van der Waals surface area contributed by atoms with Crippen LogP contribution in [0.2, 0.25) is 0 Å². The number of nitrogens with zero attached hydrogens (tertiary/aromatic N) is 2. The Morgan fingerprint density at radius 3 is 2.75 bits per heavy atom. The highest BCUT2D eigenvalue weighted by Gasteiger charge is 2.07. The maximum atomic E-state index is 11.0. The first kappa shape index (κ1) is 8.39. The van der Waals surface area contributed by atoms with E-state index < -0.39 is 5.97 Å². The molecule has 0 unspecified atom stereocenters. The molecule has 0 aliphatic carbocycles. The summed E-state index contributed by atoms with van der Waals surface area (Å²) in [6.07, 6.45) is 0. The molecule has 0 aromatic heterocycles. The van der Waals surface area contributed by atoms with Gasteiger partial charge in [0.15, 0.2) is 0 Å². The largest absolute Gasteiger partial charge is 0.706 e. The van der Waals surface area contributed by atoms with Crippen molar-refractivity contribution in [2.75, 3.05) is 7.11 Å². The molecule has 0 amide bonds. The van der Waals surface area contributed by atoms with Crippen LogP contribution in [0.4, 0.5) is 5.69 Å². The molecule has 0 radical (unpaired) electrons. The van der Waals surface area contributed by atoms with Gasteiger partial charge in [0.1, 0.15) is 0 Å². The molecule has 0 spiro atoms. The number of hydrogen-bond donors (Lipinski definition) is 0. The molecular weight excluding hydrogens is 156 g/mol. The summed E-state index contributed by atoms with van der Waals surface area (Å²) < 4.78 is 4.47. The molecule has 0 N–H and O–H groups in total. The summed E-state index contributed by atoms with van der Waals surface area (Å²) in [7, 11) is 1.27. The van der Waals surface area contributed by atoms with E-state index in [-0.39, 0.29) is 11.3 Å². The number of esters is 1. The summed E-state index contributed by atoms with van der Waals surface area (Å²) >= 11 is 0. The number of carbonyl (C=O) groups excluding carboxylic acids is 1. The van der Waals surface area contributed by atoms with Crippen LogP contribution in [0.1, 0.15) is 10.4 Å². The van der Waals surface area contributed by atoms with Crippen molar-refractivity contribution < 1.29 is 9.53 Å². The van der Waals surface area contributed by atoms with Gasteiger partial charge < -0.3 is 15.4 Å². The van der Waals surface area contributed by atoms with Gasteiger partial charge in [-0.05, 0) is 12.1 Å². The Morgan fingerprint density at radius 1 is 1.50 bits per heavy atom. The lowest BCUT2D eigenvalue weighted by atomic mass is 10.2. The lowest BCUT2D eigenvalue weighted by Gasteiger charge is -2.03. The molecule has 0 heterocycles. The second-order valence-corrected chi connectivity index (χ2v) is 2.11. The zero-order valence-electron chi connectivity index (χ0n) is 6.52. The molecular formula is C8H7N2O2-. The standard InChI is InChI=1S/C8H7N2O2/c1-12-8(11)6-4-2-3-5-7(6)10-9/h2-5H,1H3/q-1. The molecule has 12 heavy (non-hydrogen) atoms. The summed E-state index contributed by atoms with van der Waals surface area (Å²) in [5.74, 6) is -0.511. The average Bonchev–Trinajstić information content (AvgIpc) is 2.16. The van der Waals surface area contributed by atoms with Crippen LogP contribution in [0.3, 0.4) is 0 Å². The fraction of sp³-hybridized carbons (Fsp3) is 0.125. The summed E-state index contributed by atoms with van der Waals surface area (Å²) in [6.45, 7) is 0. The fourth-order valence-electron chi connectivity index (χ4n) is 0.843. The second-order valence-electron chi connectivity index (χ2n) is 2.11. The normalized spacial score (nSPS) is 9.08. The van der Waals surface area contributed by atoms with Crippen molar-refractivity contribution in [3.8, 4) is 0 Å². The zero-order valence-corrected chi connectivity index (χ0v) is 6.52. The van der Waals surface area contributed by atoms with E-state index in [1.807, 2.05) is 0 Å². The van der Waals surface area contributed by atoms with E-state index in [9.17, 15) is 4.79 Å². The van der Waals surface area contributed by atoms with Gasteiger partial charge in [-0.1, -0.05) is 12.1 Å². The lowest BCUT2D eigenvalue weighted by Crippen LogP contribution is -2.00. The number of ether oxygens (including phenoxy) is 1. The van der Waals surface area contributed by atoms with E-state index in [0.717, 1.165) is 0 Å². The SMILES string of the molecule is COC(=O)c1ccccc1N=[N-]. The first-order chi connectivity index (χ1) is 5.79. The van der Waals surface area contributed by atoms with Crippen molar-refractivity contribution in [3.63, 3.8) is 0 Å². The maximum Gasteiger partial charge on any atom is 0.339 e. The number of rotatable bonds is 2. The molecule has 0 bridgehead atoms. The molecule has 0 fully saturated rings. The molecule has 0 saturated carbocycles. The van der Waals surface area contributed by atoms with Crippen LogP contribution in [0.25, 0.3) is 5.53 Å². The minimum absolute atomic E-state index is 0.212. The van der Waals surface area contributed by atoms with Crippen molar-refractivity contribution >= 4 is 11.7 Å². The van der Waals surface area contributed by atoms with Gasteiger partial charge in [0.05, 0.1) is 18.4 Å². The summed E-state index contributed by atoms with van der Waals surface area (Å²) in [4.78, 5) is 11.0. The zero-order chi connectivity index (χ0) is 8.97. The Hall–Kier alpha value is -1.71. The van der Waals surface area contributed by atoms with Gasteiger partial charge in [0.25, 0.3) is 0 Å². The molecule has 1 rings (SSSR count). The van der Waals surface area contributed by atoms with Crippen LogP contribution in [0, 0.1) is 0 Å². The smallest absolute Gasteiger partial charge is 0.339 e. The van der Waals surface area contributed by atoms with Crippen molar-refractivity contribution in [1.82, 2.24) is 0 Å². The molecule has 4 heteroatoms. The molecule has 62 valence electrons. The first-order valence-corrected chi connectivity index (χ1v) is 3.32. The van der Waals surface area contributed by atoms with Crippen molar-refractivity contribution in [2.45, 2.75) is 0 Å². The molecule has 0 saturated heterocycles. The van der Waals surface area contributed by atoms with E-state index in [1.54, 1.807) is 12.1 Å². The van der Waals surface area contributed by atoms with E-state index in [4.69, 9.17) is 5.53 Å². The van der Waals surface area contributed by atoms with Crippen molar-refractivity contribution in [1.29, 1.82) is 0 Å². The third-order valence-corrected chi connectivity index (χ3v) is 1.42. The van der Waals surface area contributed by atoms with Gasteiger partial charge in [0.2, 0.25) is 0 Å². The highest BCUT2D eigenvalue weighted by molar-refractivity contribution is 5.94. The Kier molecular flexibility index (Phi) is 2.53. The third-order valence-electron chi connectivity index (χ3n) is 1.42. The van der Waals surface area contributed by atoms with Gasteiger partial charge in [-0.15, -0.1) is 0 Å². The van der Waals surface area contributed by atoms with Crippen LogP contribution in [0.15, 0.2) is 29.4 Å². The van der Waals surface area contributed by atoms with Gasteiger partial charge >= 0.3 is 5.97 Å². The van der Waals surface area contributed by atoms with Gasteiger partial charge in [0, 0.05) is 0 Å². The van der Waals surface area contributed by atoms with Crippen molar-refractivity contribution in [3.05, 3.63) is 35.4 Å². The maximum absolute atomic E-state index is 11.0. The van der Waals surface area contributed by atoms with Crippen molar-refractivity contribution in [2.24, 2.45) is 5.11 Å². The summed E-state index contributed by atoms with van der Waals surface area (Å²) in [5, 5.41) is 2.94. The monoisotopic (exact) mass is 163 g/mol. The van der Waals surface area contributed by atoms with Crippen LogP contribution in [0.5, 0.6) is 0 Å². The van der Waals surface area contributed by atoms with Crippen LogP contribution in [-0.2, 0) is 4.74 Å². The number of benzene rings is 1. The Bertz CT molecular complexity index is 310. The molecule has 1 aromatic carbocycles. The fourth-order valence-corrected chi connectivity index (χ4v) is 0.843. The lowest BCUT2D eigenvalue weighted by molar-refractivity contribution is 0.0601. The van der Waals surface area contributed by atoms with Crippen LogP contribution < -0.4 is 0 Å². The Balaban J connectivity index is 3.13. The Labute approximate surface area is 69.7 Å². The van der Waals surface area contributed by atoms with E-state index in [1.165, 1.54) is 19.2 Å². The third kappa shape index (κ3) is 1.47.